The number of carbonyl (C=O) groups excluding carboxylic acids is 2. The molecule has 0 radical (unpaired) electrons. The van der Waals surface area contributed by atoms with Gasteiger partial charge in [-0.25, -0.2) is 0 Å². The summed E-state index contributed by atoms with van der Waals surface area (Å²) in [4.78, 5) is 26.5. The number of piperazine rings is 1. The molecule has 1 aromatic carbocycles. The zero-order valence-corrected chi connectivity index (χ0v) is 11.6. The van der Waals surface area contributed by atoms with Crippen LogP contribution in [0.4, 0.5) is 5.69 Å². The summed E-state index contributed by atoms with van der Waals surface area (Å²) < 4.78 is 0. The Hall–Kier alpha value is -1.88. The zero-order valence-electron chi connectivity index (χ0n) is 11.6. The molecule has 5 heteroatoms. The summed E-state index contributed by atoms with van der Waals surface area (Å²) in [5.41, 5.74) is 2.21. The van der Waals surface area contributed by atoms with Crippen molar-refractivity contribution >= 4 is 17.5 Å². The molecule has 2 heterocycles. The van der Waals surface area contributed by atoms with E-state index in [2.05, 4.69) is 17.4 Å². The first-order chi connectivity index (χ1) is 9.65. The summed E-state index contributed by atoms with van der Waals surface area (Å²) in [5.74, 6) is -0.300. The molecule has 1 atom stereocenters. The maximum atomic E-state index is 11.7. The molecule has 2 aliphatic rings. The maximum Gasteiger partial charge on any atom is 0.248 e. The van der Waals surface area contributed by atoms with Crippen LogP contribution in [-0.2, 0) is 9.59 Å². The first kappa shape index (κ1) is 13.1. The van der Waals surface area contributed by atoms with E-state index in [-0.39, 0.29) is 24.9 Å². The summed E-state index contributed by atoms with van der Waals surface area (Å²) in [5, 5.41) is 3.46. The molecule has 0 saturated carbocycles. The molecule has 106 valence electrons. The first-order valence-electron chi connectivity index (χ1n) is 7.03. The average Bonchev–Trinajstić information content (AvgIpc) is 2.98. The molecular weight excluding hydrogens is 254 g/mol. The Balaban J connectivity index is 1.74. The fourth-order valence-corrected chi connectivity index (χ4v) is 2.80. The van der Waals surface area contributed by atoms with Crippen molar-refractivity contribution in [1.29, 1.82) is 0 Å². The van der Waals surface area contributed by atoms with E-state index in [1.54, 1.807) is 0 Å². The van der Waals surface area contributed by atoms with Crippen LogP contribution >= 0.6 is 0 Å². The number of imide groups is 1. The van der Waals surface area contributed by atoms with Crippen LogP contribution in [0.5, 0.6) is 0 Å². The minimum Gasteiger partial charge on any atom is -0.353 e. The van der Waals surface area contributed by atoms with E-state index in [1.165, 1.54) is 30.4 Å². The van der Waals surface area contributed by atoms with Gasteiger partial charge in [0.15, 0.2) is 0 Å². The molecule has 20 heavy (non-hydrogen) atoms. The Labute approximate surface area is 118 Å². The number of carbonyl (C=O) groups is 2. The molecule has 1 unspecified atom stereocenters. The number of nitrogens with zero attached hydrogens (tertiary/aromatic N) is 2. The third-order valence-electron chi connectivity index (χ3n) is 4.12. The monoisotopic (exact) mass is 273 g/mol. The van der Waals surface area contributed by atoms with Gasteiger partial charge in [-0.3, -0.25) is 14.5 Å². The fraction of sp³-hybridized carbons (Fsp3) is 0.467. The average molecular weight is 273 g/mol. The lowest BCUT2D eigenvalue weighted by atomic mass is 10.0. The number of anilines is 1. The number of benzene rings is 1. The van der Waals surface area contributed by atoms with Crippen molar-refractivity contribution in [3.63, 3.8) is 0 Å². The van der Waals surface area contributed by atoms with Gasteiger partial charge >= 0.3 is 0 Å². The van der Waals surface area contributed by atoms with Crippen LogP contribution in [0.25, 0.3) is 0 Å². The van der Waals surface area contributed by atoms with Gasteiger partial charge in [-0.15, -0.1) is 0 Å². The summed E-state index contributed by atoms with van der Waals surface area (Å²) in [6.45, 7) is 1.61. The number of hydrogen-bond donors (Lipinski definition) is 1. The van der Waals surface area contributed by atoms with Crippen LogP contribution < -0.4 is 10.2 Å². The van der Waals surface area contributed by atoms with Crippen molar-refractivity contribution in [1.82, 2.24) is 10.2 Å². The second kappa shape index (κ2) is 5.25. The molecule has 2 aliphatic heterocycles. The van der Waals surface area contributed by atoms with Crippen molar-refractivity contribution in [2.45, 2.75) is 18.9 Å². The summed E-state index contributed by atoms with van der Waals surface area (Å²) in [7, 11) is 1.54. The molecule has 2 saturated heterocycles. The van der Waals surface area contributed by atoms with Gasteiger partial charge in [0.05, 0.1) is 13.1 Å². The van der Waals surface area contributed by atoms with Crippen molar-refractivity contribution in [2.24, 2.45) is 0 Å². The number of amides is 2. The van der Waals surface area contributed by atoms with Crippen LogP contribution in [0.2, 0.25) is 0 Å². The van der Waals surface area contributed by atoms with Crippen molar-refractivity contribution < 1.29 is 9.59 Å². The normalized spacial score (nSPS) is 23.6. The number of rotatable bonds is 2. The lowest BCUT2D eigenvalue weighted by molar-refractivity contribution is -0.143. The largest absolute Gasteiger partial charge is 0.353 e. The van der Waals surface area contributed by atoms with E-state index in [1.807, 2.05) is 17.0 Å². The van der Waals surface area contributed by atoms with Gasteiger partial charge in [0, 0.05) is 18.8 Å². The highest BCUT2D eigenvalue weighted by Crippen LogP contribution is 2.25. The second-order valence-electron chi connectivity index (χ2n) is 5.44. The van der Waals surface area contributed by atoms with E-state index >= 15 is 0 Å². The molecule has 0 spiro atoms. The second-order valence-corrected chi connectivity index (χ2v) is 5.44. The number of nitrogens with one attached hydrogen (secondary N) is 1. The molecule has 0 aliphatic carbocycles. The number of likely N-dealkylation sites (N-methyl/N-ethyl adjacent to an activating group) is 1. The van der Waals surface area contributed by atoms with Crippen molar-refractivity contribution in [3.8, 4) is 0 Å². The van der Waals surface area contributed by atoms with Crippen LogP contribution in [0, 0.1) is 0 Å². The van der Waals surface area contributed by atoms with Crippen LogP contribution in [0.15, 0.2) is 24.3 Å². The molecule has 0 bridgehead atoms. The predicted octanol–water partition coefficient (Wildman–Crippen LogP) is 0.916. The smallest absolute Gasteiger partial charge is 0.248 e. The van der Waals surface area contributed by atoms with E-state index in [9.17, 15) is 9.59 Å². The van der Waals surface area contributed by atoms with E-state index in [0.717, 1.165) is 12.2 Å². The predicted molar refractivity (Wildman–Crippen MR) is 76.4 cm³/mol. The molecule has 0 aromatic heterocycles. The topological polar surface area (TPSA) is 52.7 Å². The SMILES string of the molecule is CN1C(=O)CN(c2ccc(C3CCCN3)cc2)CC1=O. The third-order valence-corrected chi connectivity index (χ3v) is 4.12. The van der Waals surface area contributed by atoms with Gasteiger partial charge in [-0.2, -0.15) is 0 Å². The highest BCUT2D eigenvalue weighted by Gasteiger charge is 2.28. The van der Waals surface area contributed by atoms with Gasteiger partial charge in [-0.05, 0) is 37.1 Å². The third kappa shape index (κ3) is 2.41. The molecule has 2 amide bonds. The Kier molecular flexibility index (Phi) is 3.44. The lowest BCUT2D eigenvalue weighted by Crippen LogP contribution is -2.52. The van der Waals surface area contributed by atoms with Gasteiger partial charge in [0.1, 0.15) is 0 Å². The minimum absolute atomic E-state index is 0.150. The minimum atomic E-state index is -0.150. The first-order valence-corrected chi connectivity index (χ1v) is 7.03. The van der Waals surface area contributed by atoms with Crippen LogP contribution in [0.3, 0.4) is 0 Å². The van der Waals surface area contributed by atoms with Gasteiger partial charge in [-0.1, -0.05) is 12.1 Å². The quantitative estimate of drug-likeness (QED) is 0.814. The lowest BCUT2D eigenvalue weighted by Gasteiger charge is -2.32. The Morgan fingerprint density at radius 1 is 1.10 bits per heavy atom. The Bertz CT molecular complexity index is 502. The summed E-state index contributed by atoms with van der Waals surface area (Å²) in [6.07, 6.45) is 2.39. The van der Waals surface area contributed by atoms with E-state index in [4.69, 9.17) is 0 Å². The van der Waals surface area contributed by atoms with E-state index in [0.29, 0.717) is 6.04 Å². The Morgan fingerprint density at radius 2 is 1.75 bits per heavy atom. The van der Waals surface area contributed by atoms with Crippen LogP contribution in [0.1, 0.15) is 24.4 Å². The Morgan fingerprint density at radius 3 is 2.30 bits per heavy atom. The molecule has 2 fully saturated rings. The van der Waals surface area contributed by atoms with Crippen molar-refractivity contribution in [3.05, 3.63) is 29.8 Å². The summed E-state index contributed by atoms with van der Waals surface area (Å²) in [6, 6.07) is 8.62. The van der Waals surface area contributed by atoms with Gasteiger partial charge in [0.25, 0.3) is 0 Å². The molecule has 1 N–H and O–H groups in total. The van der Waals surface area contributed by atoms with Crippen LogP contribution in [-0.4, -0.2) is 43.4 Å². The summed E-state index contributed by atoms with van der Waals surface area (Å²) >= 11 is 0. The molecular formula is C15H19N3O2. The fourth-order valence-electron chi connectivity index (χ4n) is 2.80. The molecule has 3 rings (SSSR count). The highest BCUT2D eigenvalue weighted by atomic mass is 16.2. The van der Waals surface area contributed by atoms with Crippen molar-refractivity contribution in [2.75, 3.05) is 31.6 Å². The standard InChI is InChI=1S/C15H19N3O2/c1-17-14(19)9-18(10-15(17)20)12-6-4-11(5-7-12)13-3-2-8-16-13/h4-7,13,16H,2-3,8-10H2,1H3. The highest BCUT2D eigenvalue weighted by molar-refractivity contribution is 6.02. The van der Waals surface area contributed by atoms with Gasteiger partial charge in [0.2, 0.25) is 11.8 Å². The molecule has 5 nitrogen and oxygen atoms in total. The maximum absolute atomic E-state index is 11.7. The van der Waals surface area contributed by atoms with Gasteiger partial charge < -0.3 is 10.2 Å². The zero-order chi connectivity index (χ0) is 14.1. The number of hydrogen-bond acceptors (Lipinski definition) is 4. The molecule has 1 aromatic rings. The van der Waals surface area contributed by atoms with E-state index < -0.39 is 0 Å².